The van der Waals surface area contributed by atoms with Gasteiger partial charge in [-0.2, -0.15) is 0 Å². The minimum atomic E-state index is -0.937. The molecule has 0 bridgehead atoms. The van der Waals surface area contributed by atoms with E-state index in [1.54, 1.807) is 24.3 Å². The van der Waals surface area contributed by atoms with E-state index in [1.807, 2.05) is 0 Å². The van der Waals surface area contributed by atoms with Gasteiger partial charge in [-0.25, -0.2) is 8.78 Å². The second kappa shape index (κ2) is 9.10. The SMILES string of the molecule is COC(=O)[C@@H](N)Cc1ccc(NC(=O)c2c(F)cccc2F)cc1.Cl. The van der Waals surface area contributed by atoms with Crippen molar-refractivity contribution in [1.29, 1.82) is 0 Å². The lowest BCUT2D eigenvalue weighted by molar-refractivity contribution is -0.142. The first-order chi connectivity index (χ1) is 11.4. The summed E-state index contributed by atoms with van der Waals surface area (Å²) in [4.78, 5) is 23.2. The molecular weight excluding hydrogens is 354 g/mol. The number of methoxy groups -OCH3 is 1. The molecule has 2 rings (SSSR count). The highest BCUT2D eigenvalue weighted by atomic mass is 35.5. The van der Waals surface area contributed by atoms with Crippen molar-refractivity contribution in [3.05, 3.63) is 65.2 Å². The monoisotopic (exact) mass is 370 g/mol. The van der Waals surface area contributed by atoms with Gasteiger partial charge in [0.2, 0.25) is 0 Å². The lowest BCUT2D eigenvalue weighted by atomic mass is 10.1. The zero-order valence-electron chi connectivity index (χ0n) is 13.3. The molecule has 25 heavy (non-hydrogen) atoms. The summed E-state index contributed by atoms with van der Waals surface area (Å²) in [5.74, 6) is -3.28. The molecule has 0 saturated carbocycles. The number of hydrogen-bond acceptors (Lipinski definition) is 4. The highest BCUT2D eigenvalue weighted by Crippen LogP contribution is 2.16. The third kappa shape index (κ3) is 5.23. The van der Waals surface area contributed by atoms with Gasteiger partial charge in [0, 0.05) is 5.69 Å². The van der Waals surface area contributed by atoms with E-state index < -0.39 is 35.1 Å². The van der Waals surface area contributed by atoms with E-state index in [4.69, 9.17) is 5.73 Å². The van der Waals surface area contributed by atoms with E-state index in [0.717, 1.165) is 17.7 Å². The molecule has 0 heterocycles. The molecule has 5 nitrogen and oxygen atoms in total. The number of amides is 1. The molecule has 134 valence electrons. The van der Waals surface area contributed by atoms with Gasteiger partial charge in [-0.1, -0.05) is 18.2 Å². The number of nitrogens with two attached hydrogens (primary N) is 1. The Bertz CT molecular complexity index is 734. The van der Waals surface area contributed by atoms with E-state index in [9.17, 15) is 18.4 Å². The quantitative estimate of drug-likeness (QED) is 0.793. The predicted octanol–water partition coefficient (Wildman–Crippen LogP) is 2.68. The van der Waals surface area contributed by atoms with Crippen molar-refractivity contribution in [3.8, 4) is 0 Å². The van der Waals surface area contributed by atoms with Gasteiger partial charge >= 0.3 is 5.97 Å². The van der Waals surface area contributed by atoms with Gasteiger partial charge in [-0.05, 0) is 36.2 Å². The van der Waals surface area contributed by atoms with E-state index in [1.165, 1.54) is 13.2 Å². The fourth-order valence-corrected chi connectivity index (χ4v) is 2.12. The highest BCUT2D eigenvalue weighted by molar-refractivity contribution is 6.04. The maximum atomic E-state index is 13.6. The average molecular weight is 371 g/mol. The molecule has 0 aliphatic heterocycles. The number of carbonyl (C=O) groups excluding carboxylic acids is 2. The molecule has 0 unspecified atom stereocenters. The van der Waals surface area contributed by atoms with Crippen LogP contribution in [-0.2, 0) is 16.0 Å². The fraction of sp³-hybridized carbons (Fsp3) is 0.176. The molecule has 1 amide bonds. The van der Waals surface area contributed by atoms with E-state index in [-0.39, 0.29) is 18.8 Å². The zero-order valence-corrected chi connectivity index (χ0v) is 14.1. The van der Waals surface area contributed by atoms with E-state index >= 15 is 0 Å². The van der Waals surface area contributed by atoms with Crippen LogP contribution in [0.15, 0.2) is 42.5 Å². The van der Waals surface area contributed by atoms with Gasteiger partial charge in [0.15, 0.2) is 0 Å². The predicted molar refractivity (Wildman–Crippen MR) is 91.7 cm³/mol. The Kier molecular flexibility index (Phi) is 7.47. The van der Waals surface area contributed by atoms with Crippen molar-refractivity contribution in [2.45, 2.75) is 12.5 Å². The van der Waals surface area contributed by atoms with Crippen LogP contribution in [0, 0.1) is 11.6 Å². The summed E-state index contributed by atoms with van der Waals surface area (Å²) >= 11 is 0. The van der Waals surface area contributed by atoms with Crippen LogP contribution in [0.25, 0.3) is 0 Å². The maximum Gasteiger partial charge on any atom is 0.322 e. The standard InChI is InChI=1S/C17H16F2N2O3.ClH/c1-24-17(23)14(20)9-10-5-7-11(8-6-10)21-16(22)15-12(18)3-2-4-13(15)19;/h2-8,14H,9,20H2,1H3,(H,21,22);1H/t14-;/m0./s1. The van der Waals surface area contributed by atoms with E-state index in [2.05, 4.69) is 10.1 Å². The van der Waals surface area contributed by atoms with Gasteiger partial charge < -0.3 is 15.8 Å². The Morgan fingerprint density at radius 1 is 1.12 bits per heavy atom. The van der Waals surface area contributed by atoms with Gasteiger partial charge in [-0.15, -0.1) is 12.4 Å². The van der Waals surface area contributed by atoms with Crippen LogP contribution in [0.5, 0.6) is 0 Å². The number of halogens is 3. The average Bonchev–Trinajstić information content (AvgIpc) is 2.55. The minimum absolute atomic E-state index is 0. The van der Waals surface area contributed by atoms with Crippen LogP contribution in [0.1, 0.15) is 15.9 Å². The molecule has 0 fully saturated rings. The fourth-order valence-electron chi connectivity index (χ4n) is 2.12. The number of anilines is 1. The molecule has 2 aromatic rings. The Labute approximate surface area is 149 Å². The summed E-state index contributed by atoms with van der Waals surface area (Å²) in [5, 5.41) is 2.41. The summed E-state index contributed by atoms with van der Waals surface area (Å²) < 4.78 is 31.7. The topological polar surface area (TPSA) is 81.4 Å². The van der Waals surface area contributed by atoms with Crippen LogP contribution in [0.3, 0.4) is 0 Å². The summed E-state index contributed by atoms with van der Waals surface area (Å²) in [6.45, 7) is 0. The largest absolute Gasteiger partial charge is 0.468 e. The number of benzene rings is 2. The second-order valence-corrected chi connectivity index (χ2v) is 5.08. The molecule has 0 aromatic heterocycles. The molecule has 0 aliphatic carbocycles. The summed E-state index contributed by atoms with van der Waals surface area (Å²) in [6, 6.07) is 8.81. The zero-order chi connectivity index (χ0) is 17.7. The van der Waals surface area contributed by atoms with Crippen molar-refractivity contribution in [2.75, 3.05) is 12.4 Å². The van der Waals surface area contributed by atoms with Crippen LogP contribution >= 0.6 is 12.4 Å². The first-order valence-corrected chi connectivity index (χ1v) is 7.10. The molecule has 0 spiro atoms. The minimum Gasteiger partial charge on any atom is -0.468 e. The Balaban J connectivity index is 0.00000312. The van der Waals surface area contributed by atoms with Gasteiger partial charge in [-0.3, -0.25) is 9.59 Å². The third-order valence-corrected chi connectivity index (χ3v) is 3.36. The number of esters is 1. The normalized spacial score (nSPS) is 11.2. The molecule has 0 saturated heterocycles. The number of hydrogen-bond donors (Lipinski definition) is 2. The Morgan fingerprint density at radius 3 is 2.20 bits per heavy atom. The number of nitrogens with one attached hydrogen (secondary N) is 1. The molecule has 2 aromatic carbocycles. The maximum absolute atomic E-state index is 13.6. The number of carbonyl (C=O) groups is 2. The first-order valence-electron chi connectivity index (χ1n) is 7.10. The number of ether oxygens (including phenoxy) is 1. The van der Waals surface area contributed by atoms with E-state index in [0.29, 0.717) is 5.69 Å². The van der Waals surface area contributed by atoms with Gasteiger partial charge in [0.05, 0.1) is 7.11 Å². The lowest BCUT2D eigenvalue weighted by Gasteiger charge is -2.10. The van der Waals surface area contributed by atoms with Gasteiger partial charge in [0.25, 0.3) is 5.91 Å². The summed E-state index contributed by atoms with van der Waals surface area (Å²) in [7, 11) is 1.25. The van der Waals surface area contributed by atoms with Crippen molar-refractivity contribution >= 4 is 30.0 Å². The van der Waals surface area contributed by atoms with Crippen molar-refractivity contribution < 1.29 is 23.1 Å². The molecule has 3 N–H and O–H groups in total. The van der Waals surface area contributed by atoms with Crippen LogP contribution < -0.4 is 11.1 Å². The molecular formula is C17H17ClF2N2O3. The Hall–Kier alpha value is -2.51. The molecule has 1 atom stereocenters. The molecule has 0 aliphatic rings. The summed E-state index contributed by atoms with van der Waals surface area (Å²) in [5.41, 5.74) is 6.13. The number of rotatable bonds is 5. The third-order valence-electron chi connectivity index (χ3n) is 3.36. The summed E-state index contributed by atoms with van der Waals surface area (Å²) in [6.07, 6.45) is 0.267. The van der Waals surface area contributed by atoms with Crippen molar-refractivity contribution in [3.63, 3.8) is 0 Å². The first kappa shape index (κ1) is 20.5. The van der Waals surface area contributed by atoms with Crippen LogP contribution in [-0.4, -0.2) is 25.0 Å². The Morgan fingerprint density at radius 2 is 1.68 bits per heavy atom. The lowest BCUT2D eigenvalue weighted by Crippen LogP contribution is -2.33. The van der Waals surface area contributed by atoms with Crippen molar-refractivity contribution in [1.82, 2.24) is 0 Å². The smallest absolute Gasteiger partial charge is 0.322 e. The molecule has 8 heteroatoms. The van der Waals surface area contributed by atoms with Crippen molar-refractivity contribution in [2.24, 2.45) is 5.73 Å². The van der Waals surface area contributed by atoms with Crippen LogP contribution in [0.2, 0.25) is 0 Å². The molecule has 0 radical (unpaired) electrons. The second-order valence-electron chi connectivity index (χ2n) is 5.08. The highest BCUT2D eigenvalue weighted by Gasteiger charge is 2.17. The van der Waals surface area contributed by atoms with Gasteiger partial charge in [0.1, 0.15) is 23.2 Å². The van der Waals surface area contributed by atoms with Crippen LogP contribution in [0.4, 0.5) is 14.5 Å².